The lowest BCUT2D eigenvalue weighted by molar-refractivity contribution is 0.890. The van der Waals surface area contributed by atoms with Crippen LogP contribution in [0.25, 0.3) is 0 Å². The number of fused-ring (bicyclic) bond motifs is 2. The normalized spacial score (nSPS) is 13.6. The van der Waals surface area contributed by atoms with Gasteiger partial charge in [0.1, 0.15) is 0 Å². The zero-order chi connectivity index (χ0) is 14.9. The summed E-state index contributed by atoms with van der Waals surface area (Å²) >= 11 is 0. The van der Waals surface area contributed by atoms with E-state index < -0.39 is 0 Å². The molecule has 0 spiro atoms. The number of nitrogens with zero attached hydrogens (tertiary/aromatic N) is 1. The van der Waals surface area contributed by atoms with E-state index in [2.05, 4.69) is 90.7 Å². The summed E-state index contributed by atoms with van der Waals surface area (Å²) in [7, 11) is 0. The topological polar surface area (TPSA) is 3.24 Å². The van der Waals surface area contributed by atoms with Gasteiger partial charge in [-0.3, -0.25) is 0 Å². The van der Waals surface area contributed by atoms with Gasteiger partial charge < -0.3 is 4.90 Å². The Morgan fingerprint density at radius 2 is 1.18 bits per heavy atom. The Morgan fingerprint density at radius 3 is 1.73 bits per heavy atom. The van der Waals surface area contributed by atoms with Crippen LogP contribution >= 0.6 is 0 Å². The summed E-state index contributed by atoms with van der Waals surface area (Å²) in [4.78, 5) is 2.42. The maximum absolute atomic E-state index is 2.42. The zero-order valence-electron chi connectivity index (χ0n) is 12.7. The Balaban J connectivity index is 2.00. The average Bonchev–Trinajstić information content (AvgIpc) is 2.60. The molecule has 3 aromatic rings. The number of hydrogen-bond acceptors (Lipinski definition) is 1. The molecule has 0 radical (unpaired) electrons. The minimum Gasteiger partial charge on any atom is -0.341 e. The molecular formula is C21H19N. The van der Waals surface area contributed by atoms with E-state index in [0.717, 1.165) is 6.54 Å². The fourth-order valence-corrected chi connectivity index (χ4v) is 3.60. The molecule has 0 unspecified atom stereocenters. The van der Waals surface area contributed by atoms with Crippen LogP contribution in [0, 0.1) is 0 Å². The molecule has 1 heteroatoms. The Kier molecular flexibility index (Phi) is 3.19. The summed E-state index contributed by atoms with van der Waals surface area (Å²) in [6.45, 7) is 3.20. The van der Waals surface area contributed by atoms with Crippen molar-refractivity contribution in [3.63, 3.8) is 0 Å². The predicted octanol–water partition coefficient (Wildman–Crippen LogP) is 5.34. The first kappa shape index (κ1) is 13.1. The van der Waals surface area contributed by atoms with Crippen LogP contribution in [0.5, 0.6) is 0 Å². The predicted molar refractivity (Wildman–Crippen MR) is 93.0 cm³/mol. The molecule has 3 aromatic carbocycles. The highest BCUT2D eigenvalue weighted by Crippen LogP contribution is 2.47. The molecule has 0 amide bonds. The van der Waals surface area contributed by atoms with Gasteiger partial charge in [-0.2, -0.15) is 0 Å². The third-order valence-corrected chi connectivity index (χ3v) is 4.53. The van der Waals surface area contributed by atoms with Crippen LogP contribution in [0.1, 0.15) is 29.5 Å². The van der Waals surface area contributed by atoms with Crippen molar-refractivity contribution in [2.24, 2.45) is 0 Å². The standard InChI is InChI=1S/C21H19N/c1-2-22-19-14-8-6-12-17(19)21(16-10-4-3-5-11-16)18-13-7-9-15-20(18)22/h3-15,21H,2H2,1H3. The molecule has 22 heavy (non-hydrogen) atoms. The third kappa shape index (κ3) is 1.93. The second-order valence-corrected chi connectivity index (χ2v) is 5.71. The quantitative estimate of drug-likeness (QED) is 0.614. The van der Waals surface area contributed by atoms with Crippen LogP contribution in [-0.4, -0.2) is 6.54 Å². The molecule has 4 rings (SSSR count). The molecule has 0 N–H and O–H groups in total. The van der Waals surface area contributed by atoms with Gasteiger partial charge in [0.25, 0.3) is 0 Å². The number of anilines is 2. The van der Waals surface area contributed by atoms with Crippen LogP contribution < -0.4 is 4.90 Å². The summed E-state index contributed by atoms with van der Waals surface area (Å²) in [6.07, 6.45) is 0. The minimum absolute atomic E-state index is 0.316. The maximum Gasteiger partial charge on any atom is 0.0452 e. The average molecular weight is 285 g/mol. The molecule has 0 bridgehead atoms. The zero-order valence-corrected chi connectivity index (χ0v) is 12.7. The van der Waals surface area contributed by atoms with Crippen molar-refractivity contribution >= 4 is 11.4 Å². The summed E-state index contributed by atoms with van der Waals surface area (Å²) < 4.78 is 0. The van der Waals surface area contributed by atoms with E-state index in [0.29, 0.717) is 5.92 Å². The first-order valence-electron chi connectivity index (χ1n) is 7.90. The molecule has 0 saturated heterocycles. The summed E-state index contributed by atoms with van der Waals surface area (Å²) in [6, 6.07) is 28.4. The van der Waals surface area contributed by atoms with Gasteiger partial charge in [0.05, 0.1) is 0 Å². The van der Waals surface area contributed by atoms with Gasteiger partial charge in [-0.05, 0) is 35.7 Å². The van der Waals surface area contributed by atoms with Crippen molar-refractivity contribution in [2.75, 3.05) is 11.4 Å². The van der Waals surface area contributed by atoms with Crippen molar-refractivity contribution in [3.8, 4) is 0 Å². The van der Waals surface area contributed by atoms with Crippen LogP contribution in [0.3, 0.4) is 0 Å². The van der Waals surface area contributed by atoms with E-state index in [1.54, 1.807) is 0 Å². The monoisotopic (exact) mass is 285 g/mol. The van der Waals surface area contributed by atoms with Crippen LogP contribution in [0.2, 0.25) is 0 Å². The van der Waals surface area contributed by atoms with E-state index >= 15 is 0 Å². The maximum atomic E-state index is 2.42. The molecule has 0 aliphatic carbocycles. The smallest absolute Gasteiger partial charge is 0.0452 e. The Hall–Kier alpha value is -2.54. The Morgan fingerprint density at radius 1 is 0.682 bits per heavy atom. The SMILES string of the molecule is CCN1c2ccccc2C(c2ccccc2)c2ccccc21. The molecule has 0 saturated carbocycles. The molecule has 0 atom stereocenters. The molecule has 1 aliphatic heterocycles. The van der Waals surface area contributed by atoms with Crippen LogP contribution in [-0.2, 0) is 0 Å². The van der Waals surface area contributed by atoms with Crippen molar-refractivity contribution in [3.05, 3.63) is 95.6 Å². The second-order valence-electron chi connectivity index (χ2n) is 5.71. The number of para-hydroxylation sites is 2. The van der Waals surface area contributed by atoms with Crippen molar-refractivity contribution < 1.29 is 0 Å². The fourth-order valence-electron chi connectivity index (χ4n) is 3.60. The van der Waals surface area contributed by atoms with E-state index in [1.165, 1.54) is 28.1 Å². The molecule has 0 fully saturated rings. The summed E-state index contributed by atoms with van der Waals surface area (Å²) in [5, 5.41) is 0. The third-order valence-electron chi connectivity index (χ3n) is 4.53. The highest BCUT2D eigenvalue weighted by atomic mass is 15.1. The fraction of sp³-hybridized carbons (Fsp3) is 0.143. The largest absolute Gasteiger partial charge is 0.341 e. The number of benzene rings is 3. The van der Waals surface area contributed by atoms with E-state index in [-0.39, 0.29) is 0 Å². The number of rotatable bonds is 2. The van der Waals surface area contributed by atoms with Gasteiger partial charge in [-0.15, -0.1) is 0 Å². The van der Waals surface area contributed by atoms with Crippen molar-refractivity contribution in [1.82, 2.24) is 0 Å². The number of hydrogen-bond donors (Lipinski definition) is 0. The molecule has 108 valence electrons. The summed E-state index contributed by atoms with van der Waals surface area (Å²) in [5.41, 5.74) is 6.82. The molecular weight excluding hydrogens is 266 g/mol. The van der Waals surface area contributed by atoms with Crippen molar-refractivity contribution in [2.45, 2.75) is 12.8 Å². The van der Waals surface area contributed by atoms with Crippen molar-refractivity contribution in [1.29, 1.82) is 0 Å². The Labute approximate surface area is 131 Å². The lowest BCUT2D eigenvalue weighted by Gasteiger charge is -2.37. The highest BCUT2D eigenvalue weighted by molar-refractivity contribution is 5.77. The lowest BCUT2D eigenvalue weighted by atomic mass is 9.80. The minimum atomic E-state index is 0.316. The second kappa shape index (κ2) is 5.34. The Bertz CT molecular complexity index is 744. The molecule has 1 nitrogen and oxygen atoms in total. The van der Waals surface area contributed by atoms with Crippen LogP contribution in [0.15, 0.2) is 78.9 Å². The molecule has 0 aromatic heterocycles. The van der Waals surface area contributed by atoms with Crippen LogP contribution in [0.4, 0.5) is 11.4 Å². The first-order chi connectivity index (χ1) is 10.9. The van der Waals surface area contributed by atoms with Gasteiger partial charge in [0.2, 0.25) is 0 Å². The lowest BCUT2D eigenvalue weighted by Crippen LogP contribution is -2.25. The van der Waals surface area contributed by atoms with E-state index in [4.69, 9.17) is 0 Å². The molecule has 1 heterocycles. The summed E-state index contributed by atoms with van der Waals surface area (Å²) in [5.74, 6) is 0.316. The van der Waals surface area contributed by atoms with Gasteiger partial charge in [0, 0.05) is 23.8 Å². The van der Waals surface area contributed by atoms with Gasteiger partial charge >= 0.3 is 0 Å². The van der Waals surface area contributed by atoms with Gasteiger partial charge in [-0.1, -0.05) is 66.7 Å². The molecule has 1 aliphatic rings. The van der Waals surface area contributed by atoms with Gasteiger partial charge in [-0.25, -0.2) is 0 Å². The first-order valence-corrected chi connectivity index (χ1v) is 7.90. The van der Waals surface area contributed by atoms with Gasteiger partial charge in [0.15, 0.2) is 0 Å². The van der Waals surface area contributed by atoms with E-state index in [1.807, 2.05) is 0 Å². The highest BCUT2D eigenvalue weighted by Gasteiger charge is 2.29. The van der Waals surface area contributed by atoms with E-state index in [9.17, 15) is 0 Å².